The Bertz CT molecular complexity index is 716. The summed E-state index contributed by atoms with van der Waals surface area (Å²) in [6, 6.07) is 6.90. The summed E-state index contributed by atoms with van der Waals surface area (Å²) in [6.07, 6.45) is 1.66. The van der Waals surface area contributed by atoms with Gasteiger partial charge in [-0.15, -0.1) is 11.6 Å². The third-order valence-corrected chi connectivity index (χ3v) is 5.11. The van der Waals surface area contributed by atoms with Crippen LogP contribution >= 0.6 is 11.6 Å². The van der Waals surface area contributed by atoms with Crippen LogP contribution in [0.1, 0.15) is 12.5 Å². The lowest BCUT2D eigenvalue weighted by Crippen LogP contribution is -2.29. The Morgan fingerprint density at radius 1 is 1.35 bits per heavy atom. The molecule has 0 aliphatic rings. The van der Waals surface area contributed by atoms with Crippen molar-refractivity contribution in [3.63, 3.8) is 0 Å². The smallest absolute Gasteiger partial charge is 0.241 e. The van der Waals surface area contributed by atoms with Crippen molar-refractivity contribution in [2.45, 2.75) is 18.7 Å². The highest BCUT2D eigenvalue weighted by Crippen LogP contribution is 2.24. The summed E-state index contributed by atoms with van der Waals surface area (Å²) in [4.78, 5) is 4.51. The fourth-order valence-electron chi connectivity index (χ4n) is 1.91. The first-order valence-corrected chi connectivity index (χ1v) is 8.37. The Balaban J connectivity index is 2.45. The van der Waals surface area contributed by atoms with Gasteiger partial charge in [-0.3, -0.25) is 4.98 Å². The van der Waals surface area contributed by atoms with Gasteiger partial charge in [-0.25, -0.2) is 13.1 Å². The van der Waals surface area contributed by atoms with Crippen LogP contribution in [0.2, 0.25) is 0 Å². The number of nitrogens with zero attached hydrogens (tertiary/aromatic N) is 1. The number of rotatable bonds is 5. The molecular formula is C14H17ClN2O2S. The summed E-state index contributed by atoms with van der Waals surface area (Å²) >= 11 is 5.70. The highest BCUT2D eigenvalue weighted by Gasteiger charge is 2.18. The molecule has 108 valence electrons. The number of halogens is 1. The molecule has 1 aromatic heterocycles. The van der Waals surface area contributed by atoms with Gasteiger partial charge in [0.05, 0.1) is 10.4 Å². The van der Waals surface area contributed by atoms with Gasteiger partial charge in [-0.1, -0.05) is 13.0 Å². The van der Waals surface area contributed by atoms with Crippen molar-refractivity contribution >= 4 is 32.5 Å². The maximum atomic E-state index is 12.4. The number of aromatic nitrogens is 1. The number of aryl methyl sites for hydroxylation is 1. The van der Waals surface area contributed by atoms with Crippen LogP contribution in [0.5, 0.6) is 0 Å². The minimum Gasteiger partial charge on any atom is -0.256 e. The SMILES string of the molecule is Cc1ccc(S(=O)(=O)NCC(C)CCl)c2cccnc12. The second-order valence-electron chi connectivity index (χ2n) is 4.89. The van der Waals surface area contributed by atoms with Gasteiger partial charge in [0.1, 0.15) is 0 Å². The number of alkyl halides is 1. The van der Waals surface area contributed by atoms with E-state index in [0.29, 0.717) is 23.3 Å². The van der Waals surface area contributed by atoms with Gasteiger partial charge in [0.2, 0.25) is 10.0 Å². The Kier molecular flexibility index (Phi) is 4.62. The van der Waals surface area contributed by atoms with E-state index in [1.165, 1.54) is 0 Å². The Labute approximate surface area is 124 Å². The van der Waals surface area contributed by atoms with Gasteiger partial charge in [-0.2, -0.15) is 0 Å². The third-order valence-electron chi connectivity index (χ3n) is 3.11. The van der Waals surface area contributed by atoms with Crippen LogP contribution < -0.4 is 4.72 Å². The van der Waals surface area contributed by atoms with E-state index < -0.39 is 10.0 Å². The van der Waals surface area contributed by atoms with Crippen molar-refractivity contribution < 1.29 is 8.42 Å². The first-order valence-electron chi connectivity index (χ1n) is 6.35. The molecule has 0 amide bonds. The molecule has 0 bridgehead atoms. The highest BCUT2D eigenvalue weighted by atomic mass is 35.5. The number of fused-ring (bicyclic) bond motifs is 1. The molecule has 0 saturated heterocycles. The zero-order chi connectivity index (χ0) is 14.8. The van der Waals surface area contributed by atoms with Gasteiger partial charge < -0.3 is 0 Å². The number of benzene rings is 1. The molecule has 1 atom stereocenters. The summed E-state index contributed by atoms with van der Waals surface area (Å²) in [5, 5.41) is 0.638. The predicted molar refractivity (Wildman–Crippen MR) is 81.6 cm³/mol. The summed E-state index contributed by atoms with van der Waals surface area (Å²) in [7, 11) is -3.56. The minimum atomic E-state index is -3.56. The molecule has 1 N–H and O–H groups in total. The first kappa shape index (κ1) is 15.2. The number of nitrogens with one attached hydrogen (secondary N) is 1. The molecule has 0 fully saturated rings. The standard InChI is InChI=1S/C14H17ClN2O2S/c1-10(8-15)9-17-20(18,19)13-6-5-11(2)14-12(13)4-3-7-16-14/h3-7,10,17H,8-9H2,1-2H3. The van der Waals surface area contributed by atoms with Gasteiger partial charge >= 0.3 is 0 Å². The van der Waals surface area contributed by atoms with Crippen molar-refractivity contribution in [3.8, 4) is 0 Å². The lowest BCUT2D eigenvalue weighted by atomic mass is 10.1. The molecule has 1 heterocycles. The van der Waals surface area contributed by atoms with E-state index in [4.69, 9.17) is 11.6 Å². The Morgan fingerprint density at radius 2 is 2.10 bits per heavy atom. The van der Waals surface area contributed by atoms with E-state index in [2.05, 4.69) is 9.71 Å². The highest BCUT2D eigenvalue weighted by molar-refractivity contribution is 7.89. The van der Waals surface area contributed by atoms with Crippen LogP contribution in [0.3, 0.4) is 0 Å². The average Bonchev–Trinajstić information content (AvgIpc) is 2.45. The Morgan fingerprint density at radius 3 is 2.80 bits per heavy atom. The molecule has 1 aromatic carbocycles. The molecule has 0 radical (unpaired) electrons. The van der Waals surface area contributed by atoms with Crippen LogP contribution in [-0.2, 0) is 10.0 Å². The molecule has 20 heavy (non-hydrogen) atoms. The van der Waals surface area contributed by atoms with Crippen LogP contribution in [0, 0.1) is 12.8 Å². The lowest BCUT2D eigenvalue weighted by molar-refractivity contribution is 0.562. The molecule has 6 heteroatoms. The lowest BCUT2D eigenvalue weighted by Gasteiger charge is -2.12. The summed E-state index contributed by atoms with van der Waals surface area (Å²) in [5.41, 5.74) is 1.66. The van der Waals surface area contributed by atoms with Gasteiger partial charge in [0.15, 0.2) is 0 Å². The maximum absolute atomic E-state index is 12.4. The maximum Gasteiger partial charge on any atom is 0.241 e. The summed E-state index contributed by atoms with van der Waals surface area (Å²) < 4.78 is 27.4. The summed E-state index contributed by atoms with van der Waals surface area (Å²) in [5.74, 6) is 0.500. The quantitative estimate of drug-likeness (QED) is 0.864. The molecule has 0 spiro atoms. The molecule has 0 saturated carbocycles. The number of hydrogen-bond acceptors (Lipinski definition) is 3. The molecule has 2 aromatic rings. The normalized spacial score (nSPS) is 13.6. The molecule has 4 nitrogen and oxygen atoms in total. The van der Waals surface area contributed by atoms with Crippen LogP contribution in [-0.4, -0.2) is 25.8 Å². The average molecular weight is 313 g/mol. The minimum absolute atomic E-state index is 0.0845. The van der Waals surface area contributed by atoms with Crippen molar-refractivity contribution in [1.29, 1.82) is 0 Å². The number of hydrogen-bond donors (Lipinski definition) is 1. The van der Waals surface area contributed by atoms with Gasteiger partial charge in [0.25, 0.3) is 0 Å². The largest absolute Gasteiger partial charge is 0.256 e. The monoisotopic (exact) mass is 312 g/mol. The van der Waals surface area contributed by atoms with Crippen LogP contribution in [0.15, 0.2) is 35.4 Å². The Hall–Kier alpha value is -1.17. The number of pyridine rings is 1. The first-order chi connectivity index (χ1) is 9.45. The zero-order valence-electron chi connectivity index (χ0n) is 11.4. The summed E-state index contributed by atoms with van der Waals surface area (Å²) in [6.45, 7) is 4.13. The molecule has 0 aliphatic carbocycles. The second kappa shape index (κ2) is 6.08. The van der Waals surface area contributed by atoms with Crippen LogP contribution in [0.25, 0.3) is 10.9 Å². The van der Waals surface area contributed by atoms with Gasteiger partial charge in [0, 0.05) is 24.0 Å². The predicted octanol–water partition coefficient (Wildman–Crippen LogP) is 2.70. The topological polar surface area (TPSA) is 59.1 Å². The van der Waals surface area contributed by atoms with Crippen molar-refractivity contribution in [2.75, 3.05) is 12.4 Å². The van der Waals surface area contributed by atoms with Crippen LogP contribution in [0.4, 0.5) is 0 Å². The van der Waals surface area contributed by atoms with E-state index >= 15 is 0 Å². The van der Waals surface area contributed by atoms with Gasteiger partial charge in [-0.05, 0) is 36.6 Å². The van der Waals surface area contributed by atoms with E-state index in [1.807, 2.05) is 13.8 Å². The zero-order valence-corrected chi connectivity index (χ0v) is 13.0. The third kappa shape index (κ3) is 3.11. The van der Waals surface area contributed by atoms with E-state index in [1.54, 1.807) is 30.5 Å². The molecular weight excluding hydrogens is 296 g/mol. The molecule has 1 unspecified atom stereocenters. The van der Waals surface area contributed by atoms with E-state index in [9.17, 15) is 8.42 Å². The molecule has 2 rings (SSSR count). The van der Waals surface area contributed by atoms with Crippen molar-refractivity contribution in [2.24, 2.45) is 5.92 Å². The molecule has 0 aliphatic heterocycles. The van der Waals surface area contributed by atoms with E-state index in [0.717, 1.165) is 5.56 Å². The van der Waals surface area contributed by atoms with E-state index in [-0.39, 0.29) is 10.8 Å². The fourth-order valence-corrected chi connectivity index (χ4v) is 3.38. The fraction of sp³-hybridized carbons (Fsp3) is 0.357. The van der Waals surface area contributed by atoms with Crippen molar-refractivity contribution in [3.05, 3.63) is 36.0 Å². The number of sulfonamides is 1. The second-order valence-corrected chi connectivity index (χ2v) is 6.94. The van der Waals surface area contributed by atoms with Crippen molar-refractivity contribution in [1.82, 2.24) is 9.71 Å².